The van der Waals surface area contributed by atoms with Gasteiger partial charge in [-0.25, -0.2) is 4.98 Å². The summed E-state index contributed by atoms with van der Waals surface area (Å²) in [7, 11) is 0. The molecule has 8 nitrogen and oxygen atoms in total. The van der Waals surface area contributed by atoms with Crippen LogP contribution in [-0.4, -0.2) is 62.8 Å². The van der Waals surface area contributed by atoms with Crippen molar-refractivity contribution in [2.24, 2.45) is 5.41 Å². The standard InChI is InChI=1S/C27H37BrN4O4S/c1-17-23(37-16-30-17)19-10-8-18(9-11-19)14-29-25(35)21-13-20(33)15-32(21)26(36)24(27(2,3)4)31-22(34)7-5-6-12-28/h8-11,16,20-21,24,33H,5-7,12-15H2,1-4H3,(H,29,35)(H,31,34)/t20-,21+,24?/m1/s1. The van der Waals surface area contributed by atoms with Crippen molar-refractivity contribution in [1.29, 1.82) is 0 Å². The van der Waals surface area contributed by atoms with Gasteiger partial charge in [0.1, 0.15) is 12.1 Å². The first kappa shape index (κ1) is 29.3. The Morgan fingerprint density at radius 3 is 2.51 bits per heavy atom. The van der Waals surface area contributed by atoms with Crippen LogP contribution in [-0.2, 0) is 20.9 Å². The predicted molar refractivity (Wildman–Crippen MR) is 149 cm³/mol. The van der Waals surface area contributed by atoms with Crippen molar-refractivity contribution in [3.8, 4) is 10.4 Å². The van der Waals surface area contributed by atoms with E-state index in [0.717, 1.165) is 39.9 Å². The number of alkyl halides is 1. The first-order chi connectivity index (χ1) is 17.5. The number of hydrogen-bond donors (Lipinski definition) is 3. The number of halogens is 1. The van der Waals surface area contributed by atoms with Gasteiger partial charge in [0.25, 0.3) is 0 Å². The average molecular weight is 594 g/mol. The van der Waals surface area contributed by atoms with Crippen molar-refractivity contribution in [1.82, 2.24) is 20.5 Å². The molecule has 37 heavy (non-hydrogen) atoms. The minimum atomic E-state index is -0.799. The van der Waals surface area contributed by atoms with Gasteiger partial charge >= 0.3 is 0 Å². The van der Waals surface area contributed by atoms with Crippen molar-refractivity contribution in [3.05, 3.63) is 41.0 Å². The van der Waals surface area contributed by atoms with Gasteiger partial charge in [0.15, 0.2) is 0 Å². The zero-order valence-corrected chi connectivity index (χ0v) is 24.3. The van der Waals surface area contributed by atoms with Gasteiger partial charge in [-0.1, -0.05) is 61.0 Å². The Bertz CT molecular complexity index is 1080. The highest BCUT2D eigenvalue weighted by Gasteiger charge is 2.44. The number of rotatable bonds is 10. The normalized spacial score (nSPS) is 18.5. The molecule has 0 aliphatic carbocycles. The van der Waals surface area contributed by atoms with Gasteiger partial charge in [-0.05, 0) is 36.3 Å². The third kappa shape index (κ3) is 7.85. The molecule has 1 aliphatic heterocycles. The monoisotopic (exact) mass is 592 g/mol. The number of β-amino-alcohol motifs (C(OH)–C–C–N with tert-alkyl or cyclic N) is 1. The summed E-state index contributed by atoms with van der Waals surface area (Å²) in [6.07, 6.45) is 1.30. The Labute approximate surface area is 231 Å². The van der Waals surface area contributed by atoms with Gasteiger partial charge < -0.3 is 20.6 Å². The van der Waals surface area contributed by atoms with Gasteiger partial charge in [0, 0.05) is 31.3 Å². The molecule has 0 bridgehead atoms. The van der Waals surface area contributed by atoms with Crippen molar-refractivity contribution in [2.75, 3.05) is 11.9 Å². The van der Waals surface area contributed by atoms with Gasteiger partial charge in [-0.3, -0.25) is 14.4 Å². The van der Waals surface area contributed by atoms with Crippen LogP contribution in [0.3, 0.4) is 0 Å². The second kappa shape index (κ2) is 13.0. The zero-order valence-electron chi connectivity index (χ0n) is 21.9. The highest BCUT2D eigenvalue weighted by Crippen LogP contribution is 2.28. The summed E-state index contributed by atoms with van der Waals surface area (Å²) in [6.45, 7) is 7.99. The smallest absolute Gasteiger partial charge is 0.246 e. The lowest BCUT2D eigenvalue weighted by Crippen LogP contribution is -2.57. The molecule has 202 valence electrons. The lowest BCUT2D eigenvalue weighted by Gasteiger charge is -2.35. The number of aliphatic hydroxyl groups is 1. The number of likely N-dealkylation sites (tertiary alicyclic amines) is 1. The number of nitrogens with zero attached hydrogens (tertiary/aromatic N) is 2. The number of aryl methyl sites for hydroxylation is 1. The Morgan fingerprint density at radius 1 is 1.22 bits per heavy atom. The van der Waals surface area contributed by atoms with Crippen molar-refractivity contribution in [3.63, 3.8) is 0 Å². The van der Waals surface area contributed by atoms with Crippen LogP contribution < -0.4 is 10.6 Å². The quantitative estimate of drug-likeness (QED) is 0.287. The maximum Gasteiger partial charge on any atom is 0.246 e. The second-order valence-corrected chi connectivity index (χ2v) is 12.2. The van der Waals surface area contributed by atoms with E-state index >= 15 is 0 Å². The third-order valence-corrected chi connectivity index (χ3v) is 8.04. The molecule has 1 unspecified atom stereocenters. The molecule has 3 amide bonds. The lowest BCUT2D eigenvalue weighted by atomic mass is 9.85. The summed E-state index contributed by atoms with van der Waals surface area (Å²) < 4.78 is 0. The molecule has 0 saturated carbocycles. The number of hydrogen-bond acceptors (Lipinski definition) is 6. The van der Waals surface area contributed by atoms with Gasteiger partial charge in [-0.2, -0.15) is 0 Å². The molecule has 3 rings (SSSR count). The Balaban J connectivity index is 1.65. The molecule has 0 spiro atoms. The maximum absolute atomic E-state index is 13.6. The number of aromatic nitrogens is 1. The number of carbonyl (C=O) groups is 3. The number of aliphatic hydroxyl groups excluding tert-OH is 1. The highest BCUT2D eigenvalue weighted by atomic mass is 79.9. The van der Waals surface area contributed by atoms with E-state index in [4.69, 9.17) is 0 Å². The molecule has 1 fully saturated rings. The Hall–Kier alpha value is -2.30. The van der Waals surface area contributed by atoms with E-state index in [-0.39, 0.29) is 30.7 Å². The molecule has 3 atom stereocenters. The molecular weight excluding hydrogens is 556 g/mol. The zero-order chi connectivity index (χ0) is 27.2. The van der Waals surface area contributed by atoms with Gasteiger partial charge in [0.05, 0.1) is 22.2 Å². The van der Waals surface area contributed by atoms with Crippen molar-refractivity contribution in [2.45, 2.75) is 78.1 Å². The van der Waals surface area contributed by atoms with E-state index < -0.39 is 23.6 Å². The van der Waals surface area contributed by atoms with Crippen LogP contribution in [0.2, 0.25) is 0 Å². The van der Waals surface area contributed by atoms with E-state index in [0.29, 0.717) is 13.0 Å². The fraction of sp³-hybridized carbons (Fsp3) is 0.556. The van der Waals surface area contributed by atoms with Gasteiger partial charge in [-0.15, -0.1) is 11.3 Å². The molecule has 1 saturated heterocycles. The second-order valence-electron chi connectivity index (χ2n) is 10.6. The van der Waals surface area contributed by atoms with Crippen molar-refractivity contribution >= 4 is 45.0 Å². The largest absolute Gasteiger partial charge is 0.391 e. The van der Waals surface area contributed by atoms with E-state index in [1.807, 2.05) is 57.5 Å². The number of nitrogens with one attached hydrogen (secondary N) is 2. The third-order valence-electron chi connectivity index (χ3n) is 6.50. The SMILES string of the molecule is Cc1ncsc1-c1ccc(CNC(=O)[C@@H]2C[C@@H](O)CN2C(=O)C(NC(=O)CCCCBr)C(C)(C)C)cc1. The number of amides is 3. The molecule has 1 aromatic carbocycles. The predicted octanol–water partition coefficient (Wildman–Crippen LogP) is 3.79. The summed E-state index contributed by atoms with van der Waals surface area (Å²) in [4.78, 5) is 46.1. The van der Waals surface area contributed by atoms with Crippen LogP contribution in [0.5, 0.6) is 0 Å². The molecule has 1 aliphatic rings. The average Bonchev–Trinajstić information content (AvgIpc) is 3.46. The summed E-state index contributed by atoms with van der Waals surface area (Å²) >= 11 is 4.95. The maximum atomic E-state index is 13.6. The fourth-order valence-corrected chi connectivity index (χ4v) is 5.60. The topological polar surface area (TPSA) is 112 Å². The van der Waals surface area contributed by atoms with Crippen LogP contribution >= 0.6 is 27.3 Å². The summed E-state index contributed by atoms with van der Waals surface area (Å²) in [5.41, 5.74) is 4.25. The Kier molecular flexibility index (Phi) is 10.3. The number of benzene rings is 1. The van der Waals surface area contributed by atoms with Crippen LogP contribution in [0, 0.1) is 12.3 Å². The number of thiazole rings is 1. The molecule has 0 radical (unpaired) electrons. The highest BCUT2D eigenvalue weighted by molar-refractivity contribution is 9.09. The summed E-state index contributed by atoms with van der Waals surface area (Å²) in [6, 6.07) is 6.34. The molecule has 3 N–H and O–H groups in total. The van der Waals surface area contributed by atoms with Gasteiger partial charge in [0.2, 0.25) is 17.7 Å². The number of carbonyl (C=O) groups excluding carboxylic acids is 3. The van der Waals surface area contributed by atoms with Crippen LogP contribution in [0.1, 0.15) is 57.7 Å². The molecule has 2 heterocycles. The van der Waals surface area contributed by atoms with E-state index in [2.05, 4.69) is 31.5 Å². The lowest BCUT2D eigenvalue weighted by molar-refractivity contribution is -0.144. The van der Waals surface area contributed by atoms with Crippen LogP contribution in [0.4, 0.5) is 0 Å². The minimum absolute atomic E-state index is 0.0614. The first-order valence-electron chi connectivity index (χ1n) is 12.6. The van der Waals surface area contributed by atoms with E-state index in [1.165, 1.54) is 4.90 Å². The Morgan fingerprint density at radius 2 is 1.92 bits per heavy atom. The molecule has 1 aromatic heterocycles. The fourth-order valence-electron chi connectivity index (χ4n) is 4.39. The number of unbranched alkanes of at least 4 members (excludes halogenated alkanes) is 1. The van der Waals surface area contributed by atoms with Crippen LogP contribution in [0.25, 0.3) is 10.4 Å². The molecule has 2 aromatic rings. The molecule has 10 heteroatoms. The van der Waals surface area contributed by atoms with Crippen LogP contribution in [0.15, 0.2) is 29.8 Å². The van der Waals surface area contributed by atoms with E-state index in [9.17, 15) is 19.5 Å². The van der Waals surface area contributed by atoms with E-state index in [1.54, 1.807) is 11.3 Å². The summed E-state index contributed by atoms with van der Waals surface area (Å²) in [5.74, 6) is -0.849. The molecular formula is C27H37BrN4O4S. The van der Waals surface area contributed by atoms with Crippen molar-refractivity contribution < 1.29 is 19.5 Å². The first-order valence-corrected chi connectivity index (χ1v) is 14.6. The minimum Gasteiger partial charge on any atom is -0.391 e. The summed E-state index contributed by atoms with van der Waals surface area (Å²) in [5, 5.41) is 17.0.